The van der Waals surface area contributed by atoms with Gasteiger partial charge in [-0.3, -0.25) is 10.2 Å². The zero-order valence-electron chi connectivity index (χ0n) is 9.50. The van der Waals surface area contributed by atoms with E-state index in [-0.39, 0.29) is 31.2 Å². The average Bonchev–Trinajstić information content (AvgIpc) is 2.78. The molecule has 0 N–H and O–H groups in total. The van der Waals surface area contributed by atoms with Crippen LogP contribution in [0.1, 0.15) is 5.56 Å². The van der Waals surface area contributed by atoms with Crippen LogP contribution in [0.15, 0.2) is 28.3 Å². The normalized spacial score (nSPS) is 10.6. The molecule has 0 saturated heterocycles. The average molecular weight is 332 g/mol. The number of rotatable bonds is 3. The molecule has 1 aromatic heterocycles. The number of thioether (sulfide) groups is 1. The monoisotopic (exact) mass is 330 g/mol. The molecule has 5 nitrogen and oxygen atoms in total. The molecule has 0 amide bonds. The summed E-state index contributed by atoms with van der Waals surface area (Å²) in [6, 6.07) is 4.47. The molecular formula is C10H7ClN4OSZn. The van der Waals surface area contributed by atoms with Crippen molar-refractivity contribution in [1.29, 1.82) is 0 Å². The molecule has 2 aromatic rings. The van der Waals surface area contributed by atoms with Crippen molar-refractivity contribution in [2.75, 3.05) is 6.26 Å². The van der Waals surface area contributed by atoms with Gasteiger partial charge in [-0.2, -0.15) is 0 Å². The number of aromatic nitrogens is 3. The summed E-state index contributed by atoms with van der Waals surface area (Å²) in [5.41, 5.74) is 0.396. The Kier molecular flexibility index (Phi) is 5.79. The van der Waals surface area contributed by atoms with Gasteiger partial charge in [0, 0.05) is 5.02 Å². The van der Waals surface area contributed by atoms with Crippen LogP contribution in [0.5, 0.6) is 5.75 Å². The molecular weight excluding hydrogens is 325 g/mol. The predicted octanol–water partition coefficient (Wildman–Crippen LogP) is 1.63. The van der Waals surface area contributed by atoms with Crippen molar-refractivity contribution in [2.45, 2.75) is 5.16 Å². The van der Waals surface area contributed by atoms with Gasteiger partial charge in [-0.05, 0) is 30.2 Å². The fourth-order valence-corrected chi connectivity index (χ4v) is 1.58. The minimum Gasteiger partial charge on any atom is -0.872 e. The minimum atomic E-state index is -0.150. The standard InChI is InChI=1S/C10H8ClN4OS.Zn/c1-17-10-13-9(14-15-10)12-5-6-4-7(11)2-3-8(6)16;/h2-5H,1H3,(H-,12,13,14,15,16);/q-1;+2/p-1. The number of hydrogen-bond acceptors (Lipinski definition) is 5. The van der Waals surface area contributed by atoms with Crippen molar-refractivity contribution in [3.05, 3.63) is 28.8 Å². The van der Waals surface area contributed by atoms with Gasteiger partial charge < -0.3 is 15.1 Å². The van der Waals surface area contributed by atoms with Gasteiger partial charge in [-0.1, -0.05) is 17.7 Å². The van der Waals surface area contributed by atoms with E-state index in [1.54, 1.807) is 6.07 Å². The molecule has 0 fully saturated rings. The van der Waals surface area contributed by atoms with Crippen molar-refractivity contribution >= 4 is 35.5 Å². The van der Waals surface area contributed by atoms with E-state index in [1.165, 1.54) is 30.1 Å². The smallest absolute Gasteiger partial charge is 0.872 e. The first-order valence-corrected chi connectivity index (χ1v) is 6.21. The zero-order valence-corrected chi connectivity index (χ0v) is 14.0. The van der Waals surface area contributed by atoms with Gasteiger partial charge in [0.1, 0.15) is 0 Å². The van der Waals surface area contributed by atoms with E-state index in [9.17, 15) is 5.11 Å². The second kappa shape index (κ2) is 6.87. The maximum atomic E-state index is 11.4. The Labute approximate surface area is 126 Å². The van der Waals surface area contributed by atoms with Gasteiger partial charge in [-0.15, -0.1) is 17.5 Å². The molecule has 1 aromatic carbocycles. The van der Waals surface area contributed by atoms with Gasteiger partial charge in [-0.25, -0.2) is 0 Å². The van der Waals surface area contributed by atoms with E-state index >= 15 is 0 Å². The van der Waals surface area contributed by atoms with Crippen LogP contribution >= 0.6 is 23.4 Å². The topological polar surface area (TPSA) is 75.3 Å². The summed E-state index contributed by atoms with van der Waals surface area (Å²) in [7, 11) is 0. The Hall–Kier alpha value is -0.907. The number of nitrogens with zero attached hydrogens (tertiary/aromatic N) is 4. The van der Waals surface area contributed by atoms with Gasteiger partial charge in [0.25, 0.3) is 0 Å². The maximum absolute atomic E-state index is 11.4. The first kappa shape index (κ1) is 15.2. The van der Waals surface area contributed by atoms with Crippen molar-refractivity contribution < 1.29 is 24.6 Å². The second-order valence-electron chi connectivity index (χ2n) is 3.04. The third-order valence-electron chi connectivity index (χ3n) is 1.89. The van der Waals surface area contributed by atoms with Crippen LogP contribution in [0.4, 0.5) is 5.95 Å². The van der Waals surface area contributed by atoms with E-state index in [4.69, 9.17) is 11.6 Å². The molecule has 1 heterocycles. The Bertz CT molecular complexity index is 561. The van der Waals surface area contributed by atoms with Crippen molar-refractivity contribution in [3.8, 4) is 5.75 Å². The second-order valence-corrected chi connectivity index (χ2v) is 4.25. The van der Waals surface area contributed by atoms with Crippen LogP contribution in [-0.4, -0.2) is 22.7 Å². The summed E-state index contributed by atoms with van der Waals surface area (Å²) in [5, 5.41) is 20.0. The number of halogens is 1. The summed E-state index contributed by atoms with van der Waals surface area (Å²) in [4.78, 5) is 7.97. The summed E-state index contributed by atoms with van der Waals surface area (Å²) in [6.45, 7) is 0. The molecule has 0 aliphatic rings. The van der Waals surface area contributed by atoms with E-state index in [0.717, 1.165) is 0 Å². The van der Waals surface area contributed by atoms with E-state index < -0.39 is 0 Å². The largest absolute Gasteiger partial charge is 2.00 e. The molecule has 0 unspecified atom stereocenters. The molecule has 2 rings (SSSR count). The van der Waals surface area contributed by atoms with E-state index in [1.807, 2.05) is 6.26 Å². The summed E-state index contributed by atoms with van der Waals surface area (Å²) in [5.74, 6) is 0.0801. The van der Waals surface area contributed by atoms with E-state index in [0.29, 0.717) is 15.7 Å². The van der Waals surface area contributed by atoms with Gasteiger partial charge in [0.2, 0.25) is 0 Å². The van der Waals surface area contributed by atoms with Crippen LogP contribution in [0.2, 0.25) is 5.02 Å². The Balaban J connectivity index is 0.00000162. The minimum absolute atomic E-state index is 0. The number of benzene rings is 1. The Morgan fingerprint density at radius 1 is 1.44 bits per heavy atom. The SMILES string of the molecule is CSc1nnc(/N=C/c2cc(Cl)ccc2[O-])[n-]1.[Zn+2]. The summed E-state index contributed by atoms with van der Waals surface area (Å²) < 4.78 is 0. The van der Waals surface area contributed by atoms with Gasteiger partial charge >= 0.3 is 19.5 Å². The molecule has 0 atom stereocenters. The predicted molar refractivity (Wildman–Crippen MR) is 65.3 cm³/mol. The Morgan fingerprint density at radius 3 is 2.89 bits per heavy atom. The molecule has 0 radical (unpaired) electrons. The van der Waals surface area contributed by atoms with Gasteiger partial charge in [0.15, 0.2) is 0 Å². The summed E-state index contributed by atoms with van der Waals surface area (Å²) in [6.07, 6.45) is 3.23. The third-order valence-corrected chi connectivity index (χ3v) is 2.67. The van der Waals surface area contributed by atoms with Crippen molar-refractivity contribution in [3.63, 3.8) is 0 Å². The van der Waals surface area contributed by atoms with Crippen LogP contribution in [0.3, 0.4) is 0 Å². The van der Waals surface area contributed by atoms with Crippen LogP contribution in [-0.2, 0) is 19.5 Å². The van der Waals surface area contributed by atoms with Gasteiger partial charge in [0.05, 0.1) is 11.1 Å². The first-order chi connectivity index (χ1) is 8.19. The molecule has 8 heteroatoms. The third kappa shape index (κ3) is 3.80. The number of aliphatic imine (C=N–C) groups is 1. The Morgan fingerprint density at radius 2 is 2.22 bits per heavy atom. The number of hydrogen-bond donors (Lipinski definition) is 0. The first-order valence-electron chi connectivity index (χ1n) is 4.61. The fourth-order valence-electron chi connectivity index (χ4n) is 1.11. The summed E-state index contributed by atoms with van der Waals surface area (Å²) >= 11 is 7.15. The molecule has 88 valence electrons. The van der Waals surface area contributed by atoms with Crippen molar-refractivity contribution in [1.82, 2.24) is 15.2 Å². The van der Waals surface area contributed by atoms with Crippen molar-refractivity contribution in [2.24, 2.45) is 4.99 Å². The van der Waals surface area contributed by atoms with Crippen LogP contribution in [0, 0.1) is 0 Å². The maximum Gasteiger partial charge on any atom is 2.00 e. The fraction of sp³-hybridized carbons (Fsp3) is 0.100. The zero-order chi connectivity index (χ0) is 12.3. The van der Waals surface area contributed by atoms with E-state index in [2.05, 4.69) is 20.2 Å². The van der Waals surface area contributed by atoms with Crippen LogP contribution in [0.25, 0.3) is 0 Å². The molecule has 0 bridgehead atoms. The molecule has 0 aliphatic heterocycles. The molecule has 18 heavy (non-hydrogen) atoms. The quantitative estimate of drug-likeness (QED) is 0.485. The molecule has 0 spiro atoms. The molecule has 0 aliphatic carbocycles. The molecule has 0 saturated carbocycles. The van der Waals surface area contributed by atoms with Crippen LogP contribution < -0.4 is 10.1 Å².